The van der Waals surface area contributed by atoms with E-state index >= 15 is 0 Å². The number of hydrogen-bond donors (Lipinski definition) is 1. The Morgan fingerprint density at radius 1 is 1.45 bits per heavy atom. The van der Waals surface area contributed by atoms with Crippen LogP contribution in [-0.4, -0.2) is 20.4 Å². The van der Waals surface area contributed by atoms with Gasteiger partial charge in [0, 0.05) is 18.7 Å². The van der Waals surface area contributed by atoms with E-state index in [0.717, 1.165) is 42.8 Å². The van der Waals surface area contributed by atoms with E-state index in [1.807, 2.05) is 12.1 Å². The quantitative estimate of drug-likeness (QED) is 0.892. The molecule has 1 N–H and O–H groups in total. The van der Waals surface area contributed by atoms with Gasteiger partial charge in [0.25, 0.3) is 0 Å². The van der Waals surface area contributed by atoms with Gasteiger partial charge in [0.15, 0.2) is 5.65 Å². The molecule has 0 aliphatic heterocycles. The zero-order chi connectivity index (χ0) is 15.7. The molecule has 0 saturated heterocycles. The largest absolute Gasteiger partial charge is 0.346 e. The van der Waals surface area contributed by atoms with Crippen LogP contribution in [-0.2, 0) is 11.3 Å². The Kier molecular flexibility index (Phi) is 4.14. The Balaban J connectivity index is 1.96. The maximum atomic E-state index is 12.2. The Hall–Kier alpha value is -1.91. The van der Waals surface area contributed by atoms with Gasteiger partial charge in [-0.05, 0) is 44.2 Å². The van der Waals surface area contributed by atoms with Crippen molar-refractivity contribution in [2.75, 3.05) is 0 Å². The third-order valence-corrected chi connectivity index (χ3v) is 4.13. The van der Waals surface area contributed by atoms with Crippen molar-refractivity contribution in [3.8, 4) is 0 Å². The van der Waals surface area contributed by atoms with E-state index in [9.17, 15) is 4.79 Å². The van der Waals surface area contributed by atoms with Gasteiger partial charge in [0.1, 0.15) is 11.3 Å². The first-order valence-electron chi connectivity index (χ1n) is 8.21. The molecule has 5 heteroatoms. The Labute approximate surface area is 131 Å². The SMILES string of the molecule is CCn1c([C@@H](CC(C)C)NC(=O)C2CC2)nc2cccnc21. The molecule has 0 unspecified atom stereocenters. The molecule has 5 nitrogen and oxygen atoms in total. The number of pyridine rings is 1. The highest BCUT2D eigenvalue weighted by molar-refractivity contribution is 5.81. The summed E-state index contributed by atoms with van der Waals surface area (Å²) < 4.78 is 2.12. The van der Waals surface area contributed by atoms with Crippen LogP contribution < -0.4 is 5.32 Å². The zero-order valence-corrected chi connectivity index (χ0v) is 13.5. The van der Waals surface area contributed by atoms with Crippen molar-refractivity contribution in [3.63, 3.8) is 0 Å². The average Bonchev–Trinajstić information content (AvgIpc) is 3.26. The molecule has 2 aromatic heterocycles. The molecule has 0 aromatic carbocycles. The number of carbonyl (C=O) groups excluding carboxylic acids is 1. The van der Waals surface area contributed by atoms with Gasteiger partial charge in [0.05, 0.1) is 6.04 Å². The molecule has 1 aliphatic rings. The van der Waals surface area contributed by atoms with Gasteiger partial charge in [-0.3, -0.25) is 4.79 Å². The third-order valence-electron chi connectivity index (χ3n) is 4.13. The van der Waals surface area contributed by atoms with Crippen LogP contribution in [0.5, 0.6) is 0 Å². The molecule has 1 amide bonds. The Morgan fingerprint density at radius 2 is 2.23 bits per heavy atom. The molecule has 1 fully saturated rings. The standard InChI is InChI=1S/C17H24N4O/c1-4-21-15-13(6-5-9-18-15)19-16(21)14(10-11(2)3)20-17(22)12-7-8-12/h5-6,9,11-12,14H,4,7-8,10H2,1-3H3,(H,20,22)/t14-/m1/s1. The molecule has 3 rings (SSSR count). The van der Waals surface area contributed by atoms with E-state index in [2.05, 4.69) is 35.6 Å². The first-order valence-corrected chi connectivity index (χ1v) is 8.21. The van der Waals surface area contributed by atoms with Crippen LogP contribution >= 0.6 is 0 Å². The van der Waals surface area contributed by atoms with E-state index in [1.165, 1.54) is 0 Å². The van der Waals surface area contributed by atoms with Gasteiger partial charge in [-0.25, -0.2) is 9.97 Å². The predicted octanol–water partition coefficient (Wildman–Crippen LogP) is 3.06. The highest BCUT2D eigenvalue weighted by atomic mass is 16.2. The minimum atomic E-state index is -0.0396. The summed E-state index contributed by atoms with van der Waals surface area (Å²) in [5.74, 6) is 1.81. The van der Waals surface area contributed by atoms with Crippen molar-refractivity contribution in [2.24, 2.45) is 11.8 Å². The van der Waals surface area contributed by atoms with E-state index < -0.39 is 0 Å². The molecule has 1 atom stereocenters. The number of aromatic nitrogens is 3. The van der Waals surface area contributed by atoms with Crippen molar-refractivity contribution in [1.29, 1.82) is 0 Å². The highest BCUT2D eigenvalue weighted by Crippen LogP contribution is 2.31. The first-order chi connectivity index (χ1) is 10.6. The highest BCUT2D eigenvalue weighted by Gasteiger charge is 2.32. The van der Waals surface area contributed by atoms with Crippen LogP contribution in [0, 0.1) is 11.8 Å². The lowest BCUT2D eigenvalue weighted by atomic mass is 10.0. The lowest BCUT2D eigenvalue weighted by Crippen LogP contribution is -2.32. The topological polar surface area (TPSA) is 59.8 Å². The van der Waals surface area contributed by atoms with Gasteiger partial charge in [-0.1, -0.05) is 13.8 Å². The molecule has 1 saturated carbocycles. The summed E-state index contributed by atoms with van der Waals surface area (Å²) in [7, 11) is 0. The van der Waals surface area contributed by atoms with Gasteiger partial charge in [-0.2, -0.15) is 0 Å². The second-order valence-corrected chi connectivity index (χ2v) is 6.53. The summed E-state index contributed by atoms with van der Waals surface area (Å²) in [6, 6.07) is 3.84. The lowest BCUT2D eigenvalue weighted by molar-refractivity contribution is -0.123. The maximum Gasteiger partial charge on any atom is 0.223 e. The molecular formula is C17H24N4O. The summed E-state index contributed by atoms with van der Waals surface area (Å²) in [6.07, 6.45) is 4.72. The van der Waals surface area contributed by atoms with Crippen LogP contribution in [0.2, 0.25) is 0 Å². The normalized spacial score (nSPS) is 16.2. The summed E-state index contributed by atoms with van der Waals surface area (Å²) in [5, 5.41) is 3.21. The molecule has 1 aliphatic carbocycles. The lowest BCUT2D eigenvalue weighted by Gasteiger charge is -2.21. The second-order valence-electron chi connectivity index (χ2n) is 6.53. The van der Waals surface area contributed by atoms with Gasteiger partial charge >= 0.3 is 0 Å². The van der Waals surface area contributed by atoms with Crippen LogP contribution in [0.15, 0.2) is 18.3 Å². The summed E-state index contributed by atoms with van der Waals surface area (Å²) >= 11 is 0. The minimum Gasteiger partial charge on any atom is -0.346 e. The van der Waals surface area contributed by atoms with Gasteiger partial charge in [0.2, 0.25) is 5.91 Å². The van der Waals surface area contributed by atoms with Crippen LogP contribution in [0.1, 0.15) is 51.9 Å². The minimum absolute atomic E-state index is 0.0396. The number of amides is 1. The van der Waals surface area contributed by atoms with Crippen molar-refractivity contribution < 1.29 is 4.79 Å². The van der Waals surface area contributed by atoms with Crippen LogP contribution in [0.25, 0.3) is 11.2 Å². The number of nitrogens with one attached hydrogen (secondary N) is 1. The van der Waals surface area contributed by atoms with E-state index in [-0.39, 0.29) is 17.9 Å². The van der Waals surface area contributed by atoms with Crippen molar-refractivity contribution >= 4 is 17.1 Å². The van der Waals surface area contributed by atoms with E-state index in [4.69, 9.17) is 4.98 Å². The fraction of sp³-hybridized carbons (Fsp3) is 0.588. The molecule has 2 aromatic rings. The fourth-order valence-electron chi connectivity index (χ4n) is 2.89. The first kappa shape index (κ1) is 15.0. The summed E-state index contributed by atoms with van der Waals surface area (Å²) in [5.41, 5.74) is 1.79. The number of nitrogens with zero attached hydrogens (tertiary/aromatic N) is 3. The van der Waals surface area contributed by atoms with Gasteiger partial charge in [-0.15, -0.1) is 0 Å². The number of carbonyl (C=O) groups is 1. The molecule has 22 heavy (non-hydrogen) atoms. The molecule has 118 valence electrons. The van der Waals surface area contributed by atoms with Crippen molar-refractivity contribution in [1.82, 2.24) is 19.9 Å². The molecule has 0 radical (unpaired) electrons. The smallest absolute Gasteiger partial charge is 0.223 e. The number of imidazole rings is 1. The monoisotopic (exact) mass is 300 g/mol. The fourth-order valence-corrected chi connectivity index (χ4v) is 2.89. The predicted molar refractivity (Wildman–Crippen MR) is 86.3 cm³/mol. The molecular weight excluding hydrogens is 276 g/mol. The average molecular weight is 300 g/mol. The maximum absolute atomic E-state index is 12.2. The Morgan fingerprint density at radius 3 is 2.86 bits per heavy atom. The van der Waals surface area contributed by atoms with Crippen molar-refractivity contribution in [2.45, 2.75) is 52.6 Å². The van der Waals surface area contributed by atoms with E-state index in [0.29, 0.717) is 5.92 Å². The number of fused-ring (bicyclic) bond motifs is 1. The number of hydrogen-bond acceptors (Lipinski definition) is 3. The number of rotatable bonds is 6. The van der Waals surface area contributed by atoms with Gasteiger partial charge < -0.3 is 9.88 Å². The molecule has 0 spiro atoms. The summed E-state index contributed by atoms with van der Waals surface area (Å²) in [4.78, 5) is 21.4. The third kappa shape index (κ3) is 2.98. The van der Waals surface area contributed by atoms with Crippen molar-refractivity contribution in [3.05, 3.63) is 24.2 Å². The Bertz CT molecular complexity index is 672. The van der Waals surface area contributed by atoms with Crippen LogP contribution in [0.4, 0.5) is 0 Å². The summed E-state index contributed by atoms with van der Waals surface area (Å²) in [6.45, 7) is 7.24. The molecule has 0 bridgehead atoms. The zero-order valence-electron chi connectivity index (χ0n) is 13.5. The molecule has 2 heterocycles. The second kappa shape index (κ2) is 6.07. The van der Waals surface area contributed by atoms with E-state index in [1.54, 1.807) is 6.20 Å². The number of aryl methyl sites for hydroxylation is 1. The van der Waals surface area contributed by atoms with Crippen LogP contribution in [0.3, 0.4) is 0 Å².